The number of amides is 3. The summed E-state index contributed by atoms with van der Waals surface area (Å²) in [6, 6.07) is 10.8. The topological polar surface area (TPSA) is 83.1 Å². The van der Waals surface area contributed by atoms with Crippen LogP contribution >= 0.6 is 0 Å². The van der Waals surface area contributed by atoms with E-state index in [1.54, 1.807) is 30.3 Å². The summed E-state index contributed by atoms with van der Waals surface area (Å²) in [7, 11) is 0. The van der Waals surface area contributed by atoms with Crippen molar-refractivity contribution < 1.29 is 23.5 Å². The Kier molecular flexibility index (Phi) is 5.48. The highest BCUT2D eigenvalue weighted by Crippen LogP contribution is 2.34. The van der Waals surface area contributed by atoms with Gasteiger partial charge in [0.1, 0.15) is 5.82 Å². The Morgan fingerprint density at radius 3 is 2.45 bits per heavy atom. The number of nitrogens with one attached hydrogen (secondary N) is 2. The van der Waals surface area contributed by atoms with Gasteiger partial charge in [-0.15, -0.1) is 0 Å². The summed E-state index contributed by atoms with van der Waals surface area (Å²) < 4.78 is 23.5. The molecule has 0 atom stereocenters. The second-order valence-electron chi connectivity index (χ2n) is 6.81. The van der Waals surface area contributed by atoms with E-state index in [4.69, 9.17) is 9.47 Å². The van der Waals surface area contributed by atoms with Crippen LogP contribution in [0.3, 0.4) is 0 Å². The predicted molar refractivity (Wildman–Crippen MR) is 105 cm³/mol. The molecule has 8 nitrogen and oxygen atoms in total. The van der Waals surface area contributed by atoms with E-state index >= 15 is 0 Å². The maximum absolute atomic E-state index is 13.0. The van der Waals surface area contributed by atoms with Crippen LogP contribution in [0.4, 0.5) is 20.6 Å². The van der Waals surface area contributed by atoms with Crippen molar-refractivity contribution in [3.63, 3.8) is 0 Å². The molecule has 152 valence electrons. The highest BCUT2D eigenvalue weighted by atomic mass is 19.1. The normalized spacial score (nSPS) is 15.8. The number of anilines is 2. The molecule has 0 radical (unpaired) electrons. The van der Waals surface area contributed by atoms with Crippen LogP contribution in [0.1, 0.15) is 0 Å². The Morgan fingerprint density at radius 1 is 0.966 bits per heavy atom. The molecule has 0 unspecified atom stereocenters. The first-order valence-corrected chi connectivity index (χ1v) is 9.30. The van der Waals surface area contributed by atoms with Crippen molar-refractivity contribution in [1.82, 2.24) is 10.2 Å². The van der Waals surface area contributed by atoms with Crippen molar-refractivity contribution in [2.45, 2.75) is 0 Å². The summed E-state index contributed by atoms with van der Waals surface area (Å²) in [5, 5.41) is 4.94. The first kappa shape index (κ1) is 19.0. The minimum absolute atomic E-state index is 0.131. The van der Waals surface area contributed by atoms with Crippen LogP contribution < -0.4 is 25.0 Å². The van der Waals surface area contributed by atoms with Crippen LogP contribution in [0.15, 0.2) is 42.5 Å². The number of urea groups is 1. The van der Waals surface area contributed by atoms with Gasteiger partial charge in [-0.05, 0) is 36.4 Å². The lowest BCUT2D eigenvalue weighted by molar-refractivity contribution is -0.121. The Labute approximate surface area is 167 Å². The molecule has 2 heterocycles. The van der Waals surface area contributed by atoms with Gasteiger partial charge in [0.2, 0.25) is 12.7 Å². The predicted octanol–water partition coefficient (Wildman–Crippen LogP) is 2.02. The maximum atomic E-state index is 13.0. The molecule has 2 aliphatic rings. The lowest BCUT2D eigenvalue weighted by Crippen LogP contribution is -2.50. The van der Waals surface area contributed by atoms with Crippen LogP contribution in [0, 0.1) is 5.82 Å². The molecule has 1 fully saturated rings. The Morgan fingerprint density at radius 2 is 1.69 bits per heavy atom. The molecule has 2 aromatic rings. The minimum Gasteiger partial charge on any atom is -0.454 e. The smallest absolute Gasteiger partial charge is 0.325 e. The molecule has 29 heavy (non-hydrogen) atoms. The molecule has 2 aliphatic heterocycles. The summed E-state index contributed by atoms with van der Waals surface area (Å²) in [5.41, 5.74) is 1.46. The minimum atomic E-state index is -0.598. The number of rotatable bonds is 4. The number of nitrogens with zero attached hydrogens (tertiary/aromatic N) is 2. The number of fused-ring (bicyclic) bond motifs is 1. The van der Waals surface area contributed by atoms with Gasteiger partial charge in [0.25, 0.3) is 0 Å². The van der Waals surface area contributed by atoms with Crippen LogP contribution in [0.5, 0.6) is 11.5 Å². The number of halogens is 1. The molecule has 0 aliphatic carbocycles. The lowest BCUT2D eigenvalue weighted by atomic mass is 10.2. The van der Waals surface area contributed by atoms with E-state index in [0.717, 1.165) is 18.8 Å². The zero-order valence-electron chi connectivity index (χ0n) is 15.7. The number of piperazine rings is 1. The molecule has 4 rings (SSSR count). The van der Waals surface area contributed by atoms with Gasteiger partial charge in [-0.25, -0.2) is 9.18 Å². The molecule has 9 heteroatoms. The third-order valence-electron chi connectivity index (χ3n) is 4.81. The average Bonchev–Trinajstić information content (AvgIpc) is 3.17. The average molecular weight is 400 g/mol. The zero-order chi connectivity index (χ0) is 20.2. The standard InChI is InChI=1S/C20H21FN4O4/c21-14-1-4-16(5-2-14)25-9-7-24(8-10-25)12-19(26)23-20(27)22-15-3-6-17-18(11-15)29-13-28-17/h1-6,11H,7-10,12-13H2,(H2,22,23,26,27). The molecule has 1 saturated heterocycles. The fraction of sp³-hybridized carbons (Fsp3) is 0.300. The monoisotopic (exact) mass is 400 g/mol. The first-order chi connectivity index (χ1) is 14.1. The molecular weight excluding hydrogens is 379 g/mol. The summed E-state index contributed by atoms with van der Waals surface area (Å²) in [6.45, 7) is 3.08. The fourth-order valence-corrected chi connectivity index (χ4v) is 3.32. The third kappa shape index (κ3) is 4.75. The molecule has 0 bridgehead atoms. The van der Waals surface area contributed by atoms with Gasteiger partial charge in [-0.3, -0.25) is 15.0 Å². The Balaban J connectivity index is 1.22. The number of hydrogen-bond donors (Lipinski definition) is 2. The highest BCUT2D eigenvalue weighted by molar-refractivity contribution is 6.01. The van der Waals surface area contributed by atoms with Gasteiger partial charge in [-0.1, -0.05) is 0 Å². The second-order valence-corrected chi connectivity index (χ2v) is 6.81. The van der Waals surface area contributed by atoms with Crippen molar-refractivity contribution >= 4 is 23.3 Å². The van der Waals surface area contributed by atoms with Crippen molar-refractivity contribution in [3.05, 3.63) is 48.3 Å². The van der Waals surface area contributed by atoms with E-state index in [1.165, 1.54) is 12.1 Å². The first-order valence-electron chi connectivity index (χ1n) is 9.30. The molecule has 2 N–H and O–H groups in total. The maximum Gasteiger partial charge on any atom is 0.325 e. The van der Waals surface area contributed by atoms with E-state index in [-0.39, 0.29) is 25.1 Å². The number of hydrogen-bond acceptors (Lipinski definition) is 6. The number of carbonyl (C=O) groups excluding carboxylic acids is 2. The lowest BCUT2D eigenvalue weighted by Gasteiger charge is -2.35. The summed E-state index contributed by atoms with van der Waals surface area (Å²) >= 11 is 0. The number of benzene rings is 2. The molecule has 2 aromatic carbocycles. The van der Waals surface area contributed by atoms with Gasteiger partial charge in [-0.2, -0.15) is 0 Å². The molecule has 0 spiro atoms. The molecule has 0 saturated carbocycles. The van der Waals surface area contributed by atoms with E-state index in [2.05, 4.69) is 15.5 Å². The largest absolute Gasteiger partial charge is 0.454 e. The van der Waals surface area contributed by atoms with Crippen LogP contribution in [0.2, 0.25) is 0 Å². The number of ether oxygens (including phenoxy) is 2. The SMILES string of the molecule is O=C(CN1CCN(c2ccc(F)cc2)CC1)NC(=O)Nc1ccc2c(c1)OCO2. The van der Waals surface area contributed by atoms with Gasteiger partial charge >= 0.3 is 6.03 Å². The molecule has 3 amide bonds. The third-order valence-corrected chi connectivity index (χ3v) is 4.81. The van der Waals surface area contributed by atoms with Crippen LogP contribution in [-0.4, -0.2) is 56.4 Å². The summed E-state index contributed by atoms with van der Waals surface area (Å²) in [5.74, 6) is 0.529. The van der Waals surface area contributed by atoms with Crippen molar-refractivity contribution in [1.29, 1.82) is 0 Å². The second kappa shape index (κ2) is 8.36. The quantitative estimate of drug-likeness (QED) is 0.817. The van der Waals surface area contributed by atoms with E-state index in [1.807, 2.05) is 4.90 Å². The van der Waals surface area contributed by atoms with E-state index < -0.39 is 6.03 Å². The summed E-state index contributed by atoms with van der Waals surface area (Å²) in [6.07, 6.45) is 0. The molecular formula is C20H21FN4O4. The van der Waals surface area contributed by atoms with Crippen molar-refractivity contribution in [3.8, 4) is 11.5 Å². The summed E-state index contributed by atoms with van der Waals surface area (Å²) in [4.78, 5) is 28.3. The molecule has 0 aromatic heterocycles. The Bertz CT molecular complexity index is 898. The zero-order valence-corrected chi connectivity index (χ0v) is 15.7. The van der Waals surface area contributed by atoms with Gasteiger partial charge < -0.3 is 19.7 Å². The van der Waals surface area contributed by atoms with Gasteiger partial charge in [0, 0.05) is 43.6 Å². The van der Waals surface area contributed by atoms with Crippen LogP contribution in [0.25, 0.3) is 0 Å². The van der Waals surface area contributed by atoms with E-state index in [9.17, 15) is 14.0 Å². The fourth-order valence-electron chi connectivity index (χ4n) is 3.32. The number of imide groups is 1. The van der Waals surface area contributed by atoms with Gasteiger partial charge in [0.15, 0.2) is 11.5 Å². The number of carbonyl (C=O) groups is 2. The van der Waals surface area contributed by atoms with Gasteiger partial charge in [0.05, 0.1) is 6.54 Å². The highest BCUT2D eigenvalue weighted by Gasteiger charge is 2.20. The Hall–Kier alpha value is -3.33. The van der Waals surface area contributed by atoms with Crippen molar-refractivity contribution in [2.24, 2.45) is 0 Å². The van der Waals surface area contributed by atoms with E-state index in [0.29, 0.717) is 30.3 Å². The van der Waals surface area contributed by atoms with Crippen LogP contribution in [-0.2, 0) is 4.79 Å². The van der Waals surface area contributed by atoms with Crippen molar-refractivity contribution in [2.75, 3.05) is 49.7 Å².